The van der Waals surface area contributed by atoms with Gasteiger partial charge in [0, 0.05) is 5.39 Å². The molecule has 210 valence electrons. The second-order valence-electron chi connectivity index (χ2n) is 10.3. The summed E-state index contributed by atoms with van der Waals surface area (Å²) in [5.41, 5.74) is 6.97. The van der Waals surface area contributed by atoms with Crippen LogP contribution in [-0.4, -0.2) is 28.7 Å². The summed E-state index contributed by atoms with van der Waals surface area (Å²) in [4.78, 5) is 24.6. The number of rotatable bonds is 10. The highest BCUT2D eigenvalue weighted by Crippen LogP contribution is 2.35. The van der Waals surface area contributed by atoms with Gasteiger partial charge in [0.25, 0.3) is 0 Å². The van der Waals surface area contributed by atoms with Crippen molar-refractivity contribution < 1.29 is 28.4 Å². The van der Waals surface area contributed by atoms with Crippen LogP contribution in [0.2, 0.25) is 0 Å². The molecule has 1 amide bonds. The summed E-state index contributed by atoms with van der Waals surface area (Å²) in [5.74, 6) is -0.259. The number of hydrogen-bond donors (Lipinski definition) is 2. The van der Waals surface area contributed by atoms with E-state index in [9.17, 15) is 14.7 Å². The SMILES string of the molecule is Cc1ccc([C@@H](NC(=O)Cc2ccc3oc([C@@H](OCC(=O)O)c4c(C)noc4C)cc3c2)c2ccccc2)c(C)c1. The molecular formula is C33H32N2O6. The highest BCUT2D eigenvalue weighted by molar-refractivity contribution is 5.83. The zero-order valence-electron chi connectivity index (χ0n) is 23.4. The zero-order valence-corrected chi connectivity index (χ0v) is 23.4. The van der Waals surface area contributed by atoms with Gasteiger partial charge in [0.1, 0.15) is 29.8 Å². The van der Waals surface area contributed by atoms with Crippen LogP contribution >= 0.6 is 0 Å². The van der Waals surface area contributed by atoms with Gasteiger partial charge in [-0.25, -0.2) is 4.79 Å². The molecule has 0 saturated heterocycles. The van der Waals surface area contributed by atoms with Gasteiger partial charge in [-0.3, -0.25) is 4.79 Å². The molecule has 8 nitrogen and oxygen atoms in total. The molecule has 2 aromatic heterocycles. The molecule has 0 bridgehead atoms. The fraction of sp³-hybridized carbons (Fsp3) is 0.242. The average Bonchev–Trinajstić information content (AvgIpc) is 3.51. The maximum absolute atomic E-state index is 13.3. The standard InChI is InChI=1S/C33H32N2O6/c1-19-10-12-26(20(2)14-19)32(24-8-6-5-7-9-24)34-29(36)16-23-11-13-27-25(15-23)17-28(40-27)33(39-18-30(37)38)31-21(3)35-41-22(31)4/h5-15,17,32-33H,16,18H2,1-4H3,(H,34,36)(H,37,38)/t32-,33+/m0/s1. The molecule has 0 saturated carbocycles. The first-order valence-corrected chi connectivity index (χ1v) is 13.4. The van der Waals surface area contributed by atoms with Crippen LogP contribution in [0.25, 0.3) is 11.0 Å². The first-order valence-electron chi connectivity index (χ1n) is 13.4. The number of nitrogens with one attached hydrogen (secondary N) is 1. The summed E-state index contributed by atoms with van der Waals surface area (Å²) in [7, 11) is 0. The molecule has 0 spiro atoms. The van der Waals surface area contributed by atoms with Crippen LogP contribution in [0.15, 0.2) is 81.7 Å². The lowest BCUT2D eigenvalue weighted by molar-refractivity contribution is -0.144. The molecule has 8 heteroatoms. The maximum Gasteiger partial charge on any atom is 0.329 e. The number of furan rings is 1. The number of aliphatic carboxylic acids is 1. The van der Waals surface area contributed by atoms with E-state index in [4.69, 9.17) is 13.7 Å². The fourth-order valence-electron chi connectivity index (χ4n) is 5.21. The van der Waals surface area contributed by atoms with Crippen molar-refractivity contribution in [1.82, 2.24) is 10.5 Å². The van der Waals surface area contributed by atoms with Crippen LogP contribution in [0.4, 0.5) is 0 Å². The van der Waals surface area contributed by atoms with Gasteiger partial charge in [-0.15, -0.1) is 0 Å². The summed E-state index contributed by atoms with van der Waals surface area (Å²) in [5, 5.41) is 17.2. The topological polar surface area (TPSA) is 115 Å². The largest absolute Gasteiger partial charge is 0.480 e. The molecule has 3 aromatic carbocycles. The monoisotopic (exact) mass is 552 g/mol. The Balaban J connectivity index is 1.40. The Kier molecular flexibility index (Phi) is 8.03. The summed E-state index contributed by atoms with van der Waals surface area (Å²) in [6, 6.07) is 23.3. The first kappa shape index (κ1) is 27.9. The molecule has 41 heavy (non-hydrogen) atoms. The predicted molar refractivity (Wildman–Crippen MR) is 154 cm³/mol. The van der Waals surface area contributed by atoms with Crippen molar-refractivity contribution in [1.29, 1.82) is 0 Å². The van der Waals surface area contributed by atoms with Crippen molar-refractivity contribution in [2.75, 3.05) is 6.61 Å². The highest BCUT2D eigenvalue weighted by atomic mass is 16.5. The average molecular weight is 553 g/mol. The Morgan fingerprint density at radius 1 is 0.976 bits per heavy atom. The zero-order chi connectivity index (χ0) is 29.1. The Morgan fingerprint density at radius 2 is 1.76 bits per heavy atom. The van der Waals surface area contributed by atoms with E-state index in [0.717, 1.165) is 27.6 Å². The normalized spacial score (nSPS) is 12.8. The minimum absolute atomic E-state index is 0.111. The fourth-order valence-corrected chi connectivity index (χ4v) is 5.21. The first-order chi connectivity index (χ1) is 19.7. The molecule has 0 aliphatic rings. The van der Waals surface area contributed by atoms with Crippen LogP contribution in [0.5, 0.6) is 0 Å². The molecule has 0 unspecified atom stereocenters. The van der Waals surface area contributed by atoms with Crippen LogP contribution in [0, 0.1) is 27.7 Å². The number of carboxylic acid groups (broad SMARTS) is 1. The molecule has 0 aliphatic carbocycles. The van der Waals surface area contributed by atoms with E-state index in [0.29, 0.717) is 28.4 Å². The molecule has 2 atom stereocenters. The number of carboxylic acids is 1. The van der Waals surface area contributed by atoms with Crippen LogP contribution < -0.4 is 5.32 Å². The summed E-state index contributed by atoms with van der Waals surface area (Å²) >= 11 is 0. The van der Waals surface area contributed by atoms with E-state index in [1.165, 1.54) is 5.56 Å². The van der Waals surface area contributed by atoms with Gasteiger partial charge >= 0.3 is 5.97 Å². The molecule has 2 heterocycles. The second-order valence-corrected chi connectivity index (χ2v) is 10.3. The van der Waals surface area contributed by atoms with Crippen molar-refractivity contribution >= 4 is 22.8 Å². The van der Waals surface area contributed by atoms with Gasteiger partial charge in [-0.2, -0.15) is 0 Å². The molecule has 0 fully saturated rings. The third kappa shape index (κ3) is 6.23. The lowest BCUT2D eigenvalue weighted by Crippen LogP contribution is -2.31. The van der Waals surface area contributed by atoms with Crippen LogP contribution in [-0.2, 0) is 20.7 Å². The molecule has 5 aromatic rings. The number of hydrogen-bond acceptors (Lipinski definition) is 6. The Bertz CT molecular complexity index is 1680. The summed E-state index contributed by atoms with van der Waals surface area (Å²) in [6.45, 7) is 7.11. The third-order valence-corrected chi connectivity index (χ3v) is 7.12. The van der Waals surface area contributed by atoms with Gasteiger partial charge in [-0.05, 0) is 68.1 Å². The highest BCUT2D eigenvalue weighted by Gasteiger charge is 2.27. The van der Waals surface area contributed by atoms with E-state index < -0.39 is 18.7 Å². The van der Waals surface area contributed by atoms with Crippen LogP contribution in [0.1, 0.15) is 62.7 Å². The second kappa shape index (κ2) is 11.8. The molecular weight excluding hydrogens is 520 g/mol. The van der Waals surface area contributed by atoms with Crippen molar-refractivity contribution in [3.63, 3.8) is 0 Å². The Labute approximate surface area is 237 Å². The molecule has 0 aliphatic heterocycles. The van der Waals surface area contributed by atoms with E-state index in [1.807, 2.05) is 48.5 Å². The minimum atomic E-state index is -1.10. The number of aromatic nitrogens is 1. The van der Waals surface area contributed by atoms with Crippen molar-refractivity contribution in [2.45, 2.75) is 46.3 Å². The summed E-state index contributed by atoms with van der Waals surface area (Å²) in [6.07, 6.45) is -0.631. The quantitative estimate of drug-likeness (QED) is 0.209. The number of fused-ring (bicyclic) bond motifs is 1. The van der Waals surface area contributed by atoms with Gasteiger partial charge in [0.2, 0.25) is 5.91 Å². The Hall–Kier alpha value is -4.69. The van der Waals surface area contributed by atoms with Gasteiger partial charge < -0.3 is 24.1 Å². The van der Waals surface area contributed by atoms with Crippen molar-refractivity contribution in [3.8, 4) is 0 Å². The minimum Gasteiger partial charge on any atom is -0.480 e. The lowest BCUT2D eigenvalue weighted by atomic mass is 9.93. The number of carbonyl (C=O) groups is 2. The number of ether oxygens (including phenoxy) is 1. The number of carbonyl (C=O) groups excluding carboxylic acids is 1. The number of aryl methyl sites for hydroxylation is 4. The third-order valence-electron chi connectivity index (χ3n) is 7.12. The van der Waals surface area contributed by atoms with E-state index >= 15 is 0 Å². The van der Waals surface area contributed by atoms with E-state index in [1.54, 1.807) is 19.9 Å². The lowest BCUT2D eigenvalue weighted by Gasteiger charge is -2.22. The predicted octanol–water partition coefficient (Wildman–Crippen LogP) is 6.29. The van der Waals surface area contributed by atoms with Crippen molar-refractivity contribution in [3.05, 3.63) is 123 Å². The van der Waals surface area contributed by atoms with Gasteiger partial charge in [0.05, 0.1) is 23.7 Å². The number of benzene rings is 3. The number of nitrogens with zero attached hydrogens (tertiary/aromatic N) is 1. The number of amides is 1. The maximum atomic E-state index is 13.3. The van der Waals surface area contributed by atoms with Gasteiger partial charge in [-0.1, -0.05) is 65.3 Å². The Morgan fingerprint density at radius 3 is 2.44 bits per heavy atom. The van der Waals surface area contributed by atoms with Gasteiger partial charge in [0.15, 0.2) is 0 Å². The van der Waals surface area contributed by atoms with E-state index in [2.05, 4.69) is 42.5 Å². The molecule has 5 rings (SSSR count). The van der Waals surface area contributed by atoms with Crippen molar-refractivity contribution in [2.24, 2.45) is 0 Å². The van der Waals surface area contributed by atoms with E-state index in [-0.39, 0.29) is 18.4 Å². The molecule has 0 radical (unpaired) electrons. The molecule has 2 N–H and O–H groups in total. The smallest absolute Gasteiger partial charge is 0.329 e. The van der Waals surface area contributed by atoms with Crippen LogP contribution in [0.3, 0.4) is 0 Å². The summed E-state index contributed by atoms with van der Waals surface area (Å²) < 4.78 is 17.1.